The fraction of sp³-hybridized carbons (Fsp3) is 0.910. The predicted molar refractivity (Wildman–Crippen MR) is 320 cm³/mol. The van der Waals surface area contributed by atoms with Crippen LogP contribution in [0.5, 0.6) is 0 Å². The standard InChI is InChI=1S/C67H129NO5/c1-3-5-7-9-11-13-15-16-33-37-41-45-49-53-57-61-67(72)73-62-58-54-50-46-42-38-35-32-30-28-26-24-22-20-18-17-19-21-23-25-27-29-31-34-36-40-44-48-52-56-60-66(71)68-64(63-69)65(70)59-55-51-47-43-39-14-12-10-8-6-4-2/h11,13,16,33,64-65,69-70H,3-10,12,14-15,17-32,34-63H2,1-2H3,(H,68,71)/b13-11-,33-16-/t64-,65+/m0/s1. The normalized spacial score (nSPS) is 12.7. The Labute approximate surface area is 456 Å². The number of aliphatic hydroxyl groups excluding tert-OH is 2. The Bertz CT molecular complexity index is 1140. The molecule has 2 atom stereocenters. The first-order valence-electron chi connectivity index (χ1n) is 33.1. The van der Waals surface area contributed by atoms with Gasteiger partial charge in [0.2, 0.25) is 5.91 Å². The summed E-state index contributed by atoms with van der Waals surface area (Å²) >= 11 is 0. The van der Waals surface area contributed by atoms with Gasteiger partial charge in [-0.1, -0.05) is 321 Å². The molecule has 0 spiro atoms. The van der Waals surface area contributed by atoms with Crippen LogP contribution in [0.25, 0.3) is 0 Å². The highest BCUT2D eigenvalue weighted by molar-refractivity contribution is 5.76. The Morgan fingerprint density at radius 3 is 1.07 bits per heavy atom. The Morgan fingerprint density at radius 2 is 0.685 bits per heavy atom. The third-order valence-electron chi connectivity index (χ3n) is 15.5. The van der Waals surface area contributed by atoms with Crippen molar-refractivity contribution < 1.29 is 24.5 Å². The molecule has 6 heteroatoms. The molecule has 3 N–H and O–H groups in total. The zero-order valence-electron chi connectivity index (χ0n) is 49.4. The van der Waals surface area contributed by atoms with E-state index in [1.807, 2.05) is 0 Å². The quantitative estimate of drug-likeness (QED) is 0.0320. The number of amides is 1. The number of allylic oxidation sites excluding steroid dienone is 4. The molecule has 0 aliphatic heterocycles. The van der Waals surface area contributed by atoms with Crippen molar-refractivity contribution in [2.75, 3.05) is 13.2 Å². The lowest BCUT2D eigenvalue weighted by molar-refractivity contribution is -0.143. The van der Waals surface area contributed by atoms with Crippen LogP contribution in [-0.2, 0) is 14.3 Å². The monoisotopic (exact) mass is 1030 g/mol. The van der Waals surface area contributed by atoms with E-state index >= 15 is 0 Å². The first-order chi connectivity index (χ1) is 36.0. The number of carbonyl (C=O) groups is 2. The SMILES string of the molecule is CCCCC/C=C\C/C=C\CCCCCCCC(=O)OCCCCCCCCCCCCCCCCCCCCCCCCCCCCCCCCC(=O)N[C@@H](CO)[C@H](O)CCCCCCCCCCCCC. The molecule has 0 aromatic heterocycles. The van der Waals surface area contributed by atoms with Crippen LogP contribution in [0.2, 0.25) is 0 Å². The average molecular weight is 1030 g/mol. The van der Waals surface area contributed by atoms with E-state index in [0.29, 0.717) is 25.9 Å². The molecule has 0 saturated carbocycles. The molecule has 6 nitrogen and oxygen atoms in total. The number of rotatable bonds is 62. The lowest BCUT2D eigenvalue weighted by Gasteiger charge is -2.22. The summed E-state index contributed by atoms with van der Waals surface area (Å²) in [5.41, 5.74) is 0. The summed E-state index contributed by atoms with van der Waals surface area (Å²) in [6.07, 6.45) is 77.9. The van der Waals surface area contributed by atoms with Crippen molar-refractivity contribution in [3.05, 3.63) is 24.3 Å². The van der Waals surface area contributed by atoms with E-state index in [1.54, 1.807) is 0 Å². The van der Waals surface area contributed by atoms with Crippen LogP contribution in [0, 0.1) is 0 Å². The summed E-state index contributed by atoms with van der Waals surface area (Å²) in [5, 5.41) is 23.2. The zero-order valence-corrected chi connectivity index (χ0v) is 49.4. The first-order valence-corrected chi connectivity index (χ1v) is 33.1. The molecule has 0 unspecified atom stereocenters. The van der Waals surface area contributed by atoms with Crippen LogP contribution < -0.4 is 5.32 Å². The molecule has 0 aromatic carbocycles. The number of hydrogen-bond donors (Lipinski definition) is 3. The third kappa shape index (κ3) is 59.4. The highest BCUT2D eigenvalue weighted by Crippen LogP contribution is 2.19. The number of aliphatic hydroxyl groups is 2. The minimum atomic E-state index is -0.659. The summed E-state index contributed by atoms with van der Waals surface area (Å²) in [7, 11) is 0. The molecule has 0 aliphatic carbocycles. The fourth-order valence-corrected chi connectivity index (χ4v) is 10.4. The zero-order chi connectivity index (χ0) is 52.9. The lowest BCUT2D eigenvalue weighted by atomic mass is 10.0. The Kier molecular flexibility index (Phi) is 61.4. The summed E-state index contributed by atoms with van der Waals surface area (Å²) < 4.78 is 5.49. The number of esters is 1. The summed E-state index contributed by atoms with van der Waals surface area (Å²) in [6, 6.07) is -0.536. The highest BCUT2D eigenvalue weighted by atomic mass is 16.5. The van der Waals surface area contributed by atoms with E-state index in [4.69, 9.17) is 4.74 Å². The van der Waals surface area contributed by atoms with Crippen molar-refractivity contribution in [1.29, 1.82) is 0 Å². The van der Waals surface area contributed by atoms with E-state index in [9.17, 15) is 19.8 Å². The molecular formula is C67H129NO5. The number of unbranched alkanes of at least 4 members (excludes halogenated alkanes) is 47. The average Bonchev–Trinajstić information content (AvgIpc) is 3.39. The third-order valence-corrected chi connectivity index (χ3v) is 15.5. The Balaban J connectivity index is 3.31. The van der Waals surface area contributed by atoms with Crippen molar-refractivity contribution in [2.24, 2.45) is 0 Å². The highest BCUT2D eigenvalue weighted by Gasteiger charge is 2.20. The second-order valence-electron chi connectivity index (χ2n) is 22.8. The predicted octanol–water partition coefficient (Wildman–Crippen LogP) is 21.0. The van der Waals surface area contributed by atoms with Crippen LogP contribution in [0.1, 0.15) is 367 Å². The van der Waals surface area contributed by atoms with Gasteiger partial charge in [-0.05, 0) is 57.8 Å². The first kappa shape index (κ1) is 71.3. The van der Waals surface area contributed by atoms with Gasteiger partial charge in [0.05, 0.1) is 25.4 Å². The van der Waals surface area contributed by atoms with Crippen LogP contribution in [0.4, 0.5) is 0 Å². The molecule has 432 valence electrons. The van der Waals surface area contributed by atoms with Gasteiger partial charge in [-0.2, -0.15) is 0 Å². The minimum Gasteiger partial charge on any atom is -0.466 e. The maximum Gasteiger partial charge on any atom is 0.305 e. The maximum absolute atomic E-state index is 12.5. The summed E-state index contributed by atoms with van der Waals surface area (Å²) in [6.45, 7) is 4.94. The van der Waals surface area contributed by atoms with E-state index in [1.165, 1.54) is 283 Å². The second kappa shape index (κ2) is 62.9. The Hall–Kier alpha value is -1.66. The van der Waals surface area contributed by atoms with Gasteiger partial charge in [-0.3, -0.25) is 9.59 Å². The molecule has 0 saturated heterocycles. The molecule has 0 aromatic rings. The van der Waals surface area contributed by atoms with Crippen LogP contribution in [0.3, 0.4) is 0 Å². The Morgan fingerprint density at radius 1 is 0.384 bits per heavy atom. The molecule has 0 bridgehead atoms. The van der Waals surface area contributed by atoms with Gasteiger partial charge in [0.25, 0.3) is 0 Å². The number of carbonyl (C=O) groups excluding carboxylic acids is 2. The number of hydrogen-bond acceptors (Lipinski definition) is 5. The molecule has 0 radical (unpaired) electrons. The van der Waals surface area contributed by atoms with Crippen molar-refractivity contribution in [3.63, 3.8) is 0 Å². The van der Waals surface area contributed by atoms with Gasteiger partial charge in [0, 0.05) is 12.8 Å². The van der Waals surface area contributed by atoms with Crippen molar-refractivity contribution >= 4 is 11.9 Å². The van der Waals surface area contributed by atoms with Crippen LogP contribution in [-0.4, -0.2) is 47.4 Å². The van der Waals surface area contributed by atoms with Crippen LogP contribution >= 0.6 is 0 Å². The van der Waals surface area contributed by atoms with Gasteiger partial charge in [-0.15, -0.1) is 0 Å². The largest absolute Gasteiger partial charge is 0.466 e. The van der Waals surface area contributed by atoms with Gasteiger partial charge < -0.3 is 20.3 Å². The maximum atomic E-state index is 12.5. The summed E-state index contributed by atoms with van der Waals surface area (Å²) in [4.78, 5) is 24.5. The minimum absolute atomic E-state index is 0.00636. The number of nitrogens with one attached hydrogen (secondary N) is 1. The van der Waals surface area contributed by atoms with Gasteiger partial charge >= 0.3 is 5.97 Å². The molecule has 0 aliphatic rings. The van der Waals surface area contributed by atoms with E-state index in [0.717, 1.165) is 51.4 Å². The topological polar surface area (TPSA) is 95.9 Å². The molecule has 73 heavy (non-hydrogen) atoms. The fourth-order valence-electron chi connectivity index (χ4n) is 10.4. The van der Waals surface area contributed by atoms with Crippen molar-refractivity contribution in [2.45, 2.75) is 379 Å². The van der Waals surface area contributed by atoms with Gasteiger partial charge in [0.1, 0.15) is 0 Å². The van der Waals surface area contributed by atoms with Gasteiger partial charge in [-0.25, -0.2) is 0 Å². The molecule has 0 heterocycles. The second-order valence-corrected chi connectivity index (χ2v) is 22.8. The van der Waals surface area contributed by atoms with Crippen LogP contribution in [0.15, 0.2) is 24.3 Å². The summed E-state index contributed by atoms with van der Waals surface area (Å²) in [5.74, 6) is -0.0242. The smallest absolute Gasteiger partial charge is 0.305 e. The lowest BCUT2D eigenvalue weighted by Crippen LogP contribution is -2.45. The van der Waals surface area contributed by atoms with E-state index < -0.39 is 12.1 Å². The van der Waals surface area contributed by atoms with E-state index in [-0.39, 0.29) is 18.5 Å². The molecule has 0 rings (SSSR count). The molecule has 0 fully saturated rings. The van der Waals surface area contributed by atoms with Gasteiger partial charge in [0.15, 0.2) is 0 Å². The number of ether oxygens (including phenoxy) is 1. The van der Waals surface area contributed by atoms with E-state index in [2.05, 4.69) is 43.5 Å². The van der Waals surface area contributed by atoms with Crippen molar-refractivity contribution in [1.82, 2.24) is 5.32 Å². The molecular weight excluding hydrogens is 899 g/mol. The molecule has 1 amide bonds. The van der Waals surface area contributed by atoms with Crippen molar-refractivity contribution in [3.8, 4) is 0 Å².